The van der Waals surface area contributed by atoms with Crippen LogP contribution in [0.4, 0.5) is 0 Å². The van der Waals surface area contributed by atoms with Crippen LogP contribution in [0.2, 0.25) is 0 Å². The Labute approximate surface area is 152 Å². The molecule has 1 fully saturated rings. The van der Waals surface area contributed by atoms with Crippen LogP contribution >= 0.6 is 11.3 Å². The number of ether oxygens (including phenoxy) is 1. The second kappa shape index (κ2) is 7.50. The van der Waals surface area contributed by atoms with Crippen molar-refractivity contribution in [2.75, 3.05) is 13.7 Å². The molecule has 0 atom stereocenters. The van der Waals surface area contributed by atoms with E-state index in [0.29, 0.717) is 12.2 Å². The summed E-state index contributed by atoms with van der Waals surface area (Å²) in [6.07, 6.45) is 4.12. The van der Waals surface area contributed by atoms with E-state index in [-0.39, 0.29) is 17.2 Å². The third-order valence-corrected chi connectivity index (χ3v) is 5.80. The summed E-state index contributed by atoms with van der Waals surface area (Å²) in [7, 11) is 1.67. The smallest absolute Gasteiger partial charge is 0.251 e. The van der Waals surface area contributed by atoms with Crippen molar-refractivity contribution in [1.29, 1.82) is 0 Å². The van der Waals surface area contributed by atoms with E-state index in [2.05, 4.69) is 5.32 Å². The van der Waals surface area contributed by atoms with Gasteiger partial charge >= 0.3 is 0 Å². The molecule has 0 spiro atoms. The molecule has 0 saturated heterocycles. The fraction of sp³-hybridized carbons (Fsp3) is 0.400. The number of methoxy groups -OCH3 is 1. The quantitative estimate of drug-likeness (QED) is 0.784. The highest BCUT2D eigenvalue weighted by Crippen LogP contribution is 2.31. The number of hydrogen-bond donors (Lipinski definition) is 1. The molecule has 1 aliphatic rings. The molecule has 25 heavy (non-hydrogen) atoms. The van der Waals surface area contributed by atoms with Crippen molar-refractivity contribution in [3.05, 3.63) is 46.2 Å². The molecule has 1 N–H and O–H groups in total. The van der Waals surface area contributed by atoms with Gasteiger partial charge in [0.25, 0.3) is 5.91 Å². The van der Waals surface area contributed by atoms with E-state index in [1.165, 1.54) is 11.3 Å². The Kier molecular flexibility index (Phi) is 5.35. The van der Waals surface area contributed by atoms with Gasteiger partial charge in [-0.2, -0.15) is 0 Å². The van der Waals surface area contributed by atoms with Gasteiger partial charge in [-0.25, -0.2) is 0 Å². The van der Waals surface area contributed by atoms with Crippen molar-refractivity contribution in [2.24, 2.45) is 0 Å². The molecular weight excluding hydrogens is 334 g/mol. The largest absolute Gasteiger partial charge is 0.382 e. The maximum absolute atomic E-state index is 12.8. The Morgan fingerprint density at radius 3 is 2.68 bits per heavy atom. The molecule has 1 heterocycles. The van der Waals surface area contributed by atoms with Crippen molar-refractivity contribution >= 4 is 23.0 Å². The van der Waals surface area contributed by atoms with Crippen LogP contribution in [0, 0.1) is 0 Å². The monoisotopic (exact) mass is 357 g/mol. The van der Waals surface area contributed by atoms with Gasteiger partial charge in [-0.3, -0.25) is 9.59 Å². The van der Waals surface area contributed by atoms with Crippen LogP contribution in [-0.4, -0.2) is 30.9 Å². The highest BCUT2D eigenvalue weighted by atomic mass is 32.1. The zero-order valence-corrected chi connectivity index (χ0v) is 15.4. The molecule has 0 bridgehead atoms. The maximum Gasteiger partial charge on any atom is 0.251 e. The van der Waals surface area contributed by atoms with Gasteiger partial charge in [-0.05, 0) is 48.9 Å². The third-order valence-electron chi connectivity index (χ3n) is 4.78. The Balaban J connectivity index is 1.85. The van der Waals surface area contributed by atoms with Crippen molar-refractivity contribution in [1.82, 2.24) is 5.32 Å². The number of amides is 1. The number of ketones is 1. The second-order valence-electron chi connectivity index (χ2n) is 6.67. The molecule has 132 valence electrons. The molecule has 2 aromatic rings. The van der Waals surface area contributed by atoms with Crippen LogP contribution in [0.15, 0.2) is 35.7 Å². The molecule has 0 aliphatic heterocycles. The van der Waals surface area contributed by atoms with E-state index >= 15 is 0 Å². The van der Waals surface area contributed by atoms with E-state index in [0.717, 1.165) is 41.7 Å². The normalized spacial score (nSPS) is 15.9. The van der Waals surface area contributed by atoms with E-state index in [1.807, 2.05) is 35.7 Å². The zero-order valence-electron chi connectivity index (χ0n) is 14.6. The molecule has 5 heteroatoms. The topological polar surface area (TPSA) is 55.4 Å². The SMILES string of the molecule is COCC1(NC(=O)c2cccc(-c3ccsc3C(C)=O)c2)CCCC1. The summed E-state index contributed by atoms with van der Waals surface area (Å²) in [5, 5.41) is 5.10. The number of hydrogen-bond acceptors (Lipinski definition) is 4. The average molecular weight is 357 g/mol. The number of carbonyl (C=O) groups excluding carboxylic acids is 2. The highest BCUT2D eigenvalue weighted by Gasteiger charge is 2.35. The molecular formula is C20H23NO3S. The van der Waals surface area contributed by atoms with Gasteiger partial charge in [0.05, 0.1) is 17.0 Å². The van der Waals surface area contributed by atoms with Crippen LogP contribution in [-0.2, 0) is 4.74 Å². The minimum absolute atomic E-state index is 0.0462. The summed E-state index contributed by atoms with van der Waals surface area (Å²) in [5.41, 5.74) is 2.14. The first kappa shape index (κ1) is 17.8. The number of Topliss-reactive ketones (excluding diaryl/α,β-unsaturated/α-hetero) is 1. The van der Waals surface area contributed by atoms with Gasteiger partial charge in [0.15, 0.2) is 5.78 Å². The van der Waals surface area contributed by atoms with Gasteiger partial charge in [0.2, 0.25) is 0 Å². The van der Waals surface area contributed by atoms with Crippen LogP contribution in [0.3, 0.4) is 0 Å². The lowest BCUT2D eigenvalue weighted by molar-refractivity contribution is 0.0767. The fourth-order valence-electron chi connectivity index (χ4n) is 3.58. The zero-order chi connectivity index (χ0) is 17.9. The molecule has 4 nitrogen and oxygen atoms in total. The lowest BCUT2D eigenvalue weighted by Crippen LogP contribution is -2.49. The van der Waals surface area contributed by atoms with Gasteiger partial charge in [0, 0.05) is 18.2 Å². The predicted octanol–water partition coefficient (Wildman–Crippen LogP) is 4.31. The first-order valence-electron chi connectivity index (χ1n) is 8.55. The summed E-state index contributed by atoms with van der Waals surface area (Å²) < 4.78 is 5.34. The third kappa shape index (κ3) is 3.83. The number of benzene rings is 1. The van der Waals surface area contributed by atoms with Crippen molar-refractivity contribution in [2.45, 2.75) is 38.1 Å². The number of nitrogens with one attached hydrogen (secondary N) is 1. The fourth-order valence-corrected chi connectivity index (χ4v) is 4.40. The van der Waals surface area contributed by atoms with Crippen molar-refractivity contribution in [3.63, 3.8) is 0 Å². The van der Waals surface area contributed by atoms with E-state index < -0.39 is 0 Å². The molecule has 1 aromatic heterocycles. The maximum atomic E-state index is 12.8. The van der Waals surface area contributed by atoms with Crippen LogP contribution in [0.1, 0.15) is 52.6 Å². The van der Waals surface area contributed by atoms with Crippen LogP contribution in [0.5, 0.6) is 0 Å². The first-order chi connectivity index (χ1) is 12.0. The number of rotatable bonds is 6. The summed E-state index contributed by atoms with van der Waals surface area (Å²) in [6, 6.07) is 9.41. The molecule has 3 rings (SSSR count). The van der Waals surface area contributed by atoms with Gasteiger partial charge in [-0.15, -0.1) is 11.3 Å². The summed E-state index contributed by atoms with van der Waals surface area (Å²) in [6.45, 7) is 2.11. The number of thiophene rings is 1. The average Bonchev–Trinajstić information content (AvgIpc) is 3.25. The predicted molar refractivity (Wildman–Crippen MR) is 100 cm³/mol. The standard InChI is InChI=1S/C20H23NO3S/c1-14(22)18-17(8-11-25-18)15-6-5-7-16(12-15)19(23)21-20(13-24-2)9-3-4-10-20/h5-8,11-12H,3-4,9-10,13H2,1-2H3,(H,21,23). The minimum atomic E-state index is -0.255. The summed E-state index contributed by atoms with van der Waals surface area (Å²) in [4.78, 5) is 25.3. The van der Waals surface area contributed by atoms with E-state index in [9.17, 15) is 9.59 Å². The molecule has 1 saturated carbocycles. The lowest BCUT2D eigenvalue weighted by atomic mass is 9.97. The Morgan fingerprint density at radius 2 is 2.00 bits per heavy atom. The molecule has 1 aliphatic carbocycles. The van der Waals surface area contributed by atoms with Crippen LogP contribution in [0.25, 0.3) is 11.1 Å². The van der Waals surface area contributed by atoms with E-state index in [1.54, 1.807) is 14.0 Å². The van der Waals surface area contributed by atoms with Crippen LogP contribution < -0.4 is 5.32 Å². The minimum Gasteiger partial charge on any atom is -0.382 e. The lowest BCUT2D eigenvalue weighted by Gasteiger charge is -2.29. The van der Waals surface area contributed by atoms with E-state index in [4.69, 9.17) is 4.74 Å². The Morgan fingerprint density at radius 1 is 1.24 bits per heavy atom. The molecule has 1 aromatic carbocycles. The molecule has 0 unspecified atom stereocenters. The number of carbonyl (C=O) groups is 2. The van der Waals surface area contributed by atoms with Gasteiger partial charge in [-0.1, -0.05) is 25.0 Å². The van der Waals surface area contributed by atoms with Crippen molar-refractivity contribution in [3.8, 4) is 11.1 Å². The van der Waals surface area contributed by atoms with Crippen molar-refractivity contribution < 1.29 is 14.3 Å². The second-order valence-corrected chi connectivity index (χ2v) is 7.59. The Hall–Kier alpha value is -1.98. The highest BCUT2D eigenvalue weighted by molar-refractivity contribution is 7.12. The summed E-state index contributed by atoms with van der Waals surface area (Å²) >= 11 is 1.43. The summed E-state index contributed by atoms with van der Waals surface area (Å²) in [5.74, 6) is -0.0368. The molecule has 0 radical (unpaired) electrons. The van der Waals surface area contributed by atoms with Gasteiger partial charge in [0.1, 0.15) is 0 Å². The molecule has 1 amide bonds. The first-order valence-corrected chi connectivity index (χ1v) is 9.43. The Bertz CT molecular complexity index is 775. The van der Waals surface area contributed by atoms with Gasteiger partial charge < -0.3 is 10.1 Å².